The van der Waals surface area contributed by atoms with Crippen molar-refractivity contribution in [3.63, 3.8) is 0 Å². The molecule has 0 aromatic heterocycles. The van der Waals surface area contributed by atoms with Crippen molar-refractivity contribution in [2.45, 2.75) is 12.3 Å². The zero-order valence-electron chi connectivity index (χ0n) is 21.2. The molecule has 0 spiro atoms. The molecule has 0 heterocycles. The van der Waals surface area contributed by atoms with Crippen LogP contribution in [0.5, 0.6) is 0 Å². The van der Waals surface area contributed by atoms with E-state index in [2.05, 4.69) is 152 Å². The summed E-state index contributed by atoms with van der Waals surface area (Å²) >= 11 is 0. The predicted molar refractivity (Wildman–Crippen MR) is 160 cm³/mol. The maximum Gasteiger partial charge on any atom is 0.0143 e. The Labute approximate surface area is 224 Å². The number of allylic oxidation sites excluding steroid dienone is 6. The molecule has 1 atom stereocenters. The number of rotatable bonds is 5. The van der Waals surface area contributed by atoms with Gasteiger partial charge in [0.05, 0.1) is 0 Å². The highest BCUT2D eigenvalue weighted by Crippen LogP contribution is 2.62. The van der Waals surface area contributed by atoms with E-state index in [9.17, 15) is 0 Å². The van der Waals surface area contributed by atoms with E-state index >= 15 is 0 Å². The third-order valence-electron chi connectivity index (χ3n) is 7.86. The van der Waals surface area contributed by atoms with Crippen LogP contribution < -0.4 is 0 Å². The number of hydrogen-bond acceptors (Lipinski definition) is 0. The van der Waals surface area contributed by atoms with Crippen LogP contribution in [0, 0.1) is 0 Å². The first-order valence-electron chi connectivity index (χ1n) is 13.4. The van der Waals surface area contributed by atoms with E-state index in [1.807, 2.05) is 0 Å². The Balaban J connectivity index is 1.63. The summed E-state index contributed by atoms with van der Waals surface area (Å²) in [5.74, 6) is 0.288. The maximum absolute atomic E-state index is 2.30. The molecule has 5 aromatic rings. The zero-order valence-corrected chi connectivity index (χ0v) is 21.2. The van der Waals surface area contributed by atoms with E-state index in [4.69, 9.17) is 0 Å². The first kappa shape index (κ1) is 22.5. The van der Waals surface area contributed by atoms with Crippen LogP contribution in [0.4, 0.5) is 0 Å². The van der Waals surface area contributed by atoms with Crippen molar-refractivity contribution >= 4 is 22.3 Å². The third kappa shape index (κ3) is 3.78. The predicted octanol–water partition coefficient (Wildman–Crippen LogP) is 9.71. The van der Waals surface area contributed by atoms with Gasteiger partial charge in [0, 0.05) is 5.92 Å². The first-order chi connectivity index (χ1) is 18.9. The lowest BCUT2D eigenvalue weighted by molar-refractivity contribution is 0.874. The lowest BCUT2D eigenvalue weighted by atomic mass is 9.84. The van der Waals surface area contributed by atoms with E-state index in [-0.39, 0.29) is 5.92 Å². The smallest absolute Gasteiger partial charge is 0.0143 e. The SMILES string of the molecule is c1ccc(C2=C3C(c4ccccc4)=C(c4ccccc4)C(c4ccccc4)=C3[C@@H](c3ccccc3)C2)cc1. The minimum Gasteiger partial charge on any atom is -0.0622 e. The Morgan fingerprint density at radius 1 is 0.342 bits per heavy atom. The lowest BCUT2D eigenvalue weighted by Crippen LogP contribution is -2.00. The third-order valence-corrected chi connectivity index (χ3v) is 7.86. The van der Waals surface area contributed by atoms with Gasteiger partial charge in [0.25, 0.3) is 0 Å². The van der Waals surface area contributed by atoms with Gasteiger partial charge in [-0.1, -0.05) is 152 Å². The molecule has 0 N–H and O–H groups in total. The molecule has 0 bridgehead atoms. The van der Waals surface area contributed by atoms with Gasteiger partial charge in [-0.25, -0.2) is 0 Å². The van der Waals surface area contributed by atoms with Gasteiger partial charge in [-0.05, 0) is 67.7 Å². The van der Waals surface area contributed by atoms with Crippen molar-refractivity contribution in [3.8, 4) is 0 Å². The van der Waals surface area contributed by atoms with Gasteiger partial charge in [0.2, 0.25) is 0 Å². The molecule has 0 fully saturated rings. The molecule has 0 aliphatic heterocycles. The summed E-state index contributed by atoms with van der Waals surface area (Å²) in [5, 5.41) is 0. The van der Waals surface area contributed by atoms with Gasteiger partial charge in [-0.15, -0.1) is 0 Å². The number of fused-ring (bicyclic) bond motifs is 1. The quantitative estimate of drug-likeness (QED) is 0.233. The summed E-state index contributed by atoms with van der Waals surface area (Å²) in [7, 11) is 0. The second-order valence-electron chi connectivity index (χ2n) is 10.0. The summed E-state index contributed by atoms with van der Waals surface area (Å²) in [5.41, 5.74) is 14.9. The highest BCUT2D eigenvalue weighted by Gasteiger charge is 2.42. The Kier molecular flexibility index (Phi) is 5.72. The van der Waals surface area contributed by atoms with Crippen LogP contribution in [0.1, 0.15) is 40.2 Å². The van der Waals surface area contributed by atoms with Crippen molar-refractivity contribution in [1.82, 2.24) is 0 Å². The van der Waals surface area contributed by atoms with Crippen LogP contribution in [0.3, 0.4) is 0 Å². The first-order valence-corrected chi connectivity index (χ1v) is 13.4. The van der Waals surface area contributed by atoms with E-state index in [1.165, 1.54) is 61.3 Å². The van der Waals surface area contributed by atoms with Crippen LogP contribution in [0.25, 0.3) is 22.3 Å². The van der Waals surface area contributed by atoms with E-state index < -0.39 is 0 Å². The van der Waals surface area contributed by atoms with Crippen molar-refractivity contribution in [1.29, 1.82) is 0 Å². The molecule has 0 radical (unpaired) electrons. The summed E-state index contributed by atoms with van der Waals surface area (Å²) in [6.07, 6.45) is 0.993. The molecule has 2 aliphatic rings. The van der Waals surface area contributed by atoms with Crippen molar-refractivity contribution in [3.05, 3.63) is 191 Å². The molecule has 2 aliphatic carbocycles. The monoisotopic (exact) mass is 484 g/mol. The second kappa shape index (κ2) is 9.65. The van der Waals surface area contributed by atoms with E-state index in [1.54, 1.807) is 0 Å². The number of benzene rings is 5. The highest BCUT2D eigenvalue weighted by molar-refractivity contribution is 6.28. The van der Waals surface area contributed by atoms with Crippen LogP contribution in [-0.2, 0) is 0 Å². The topological polar surface area (TPSA) is 0 Å². The van der Waals surface area contributed by atoms with Crippen LogP contribution in [0.15, 0.2) is 163 Å². The molecule has 0 nitrogen and oxygen atoms in total. The van der Waals surface area contributed by atoms with Gasteiger partial charge in [0.1, 0.15) is 0 Å². The van der Waals surface area contributed by atoms with Gasteiger partial charge >= 0.3 is 0 Å². The molecular weight excluding hydrogens is 456 g/mol. The van der Waals surface area contributed by atoms with Crippen LogP contribution in [0.2, 0.25) is 0 Å². The molecule has 180 valence electrons. The van der Waals surface area contributed by atoms with E-state index in [0.717, 1.165) is 6.42 Å². The van der Waals surface area contributed by atoms with Crippen LogP contribution in [-0.4, -0.2) is 0 Å². The molecule has 0 heteroatoms. The fraction of sp³-hybridized carbons (Fsp3) is 0.0526. The second-order valence-corrected chi connectivity index (χ2v) is 10.0. The van der Waals surface area contributed by atoms with Gasteiger partial charge < -0.3 is 0 Å². The summed E-state index contributed by atoms with van der Waals surface area (Å²) in [4.78, 5) is 0. The van der Waals surface area contributed by atoms with Crippen molar-refractivity contribution < 1.29 is 0 Å². The van der Waals surface area contributed by atoms with Gasteiger partial charge in [-0.3, -0.25) is 0 Å². The molecule has 0 saturated carbocycles. The van der Waals surface area contributed by atoms with E-state index in [0.29, 0.717) is 0 Å². The Bertz CT molecular complexity index is 1670. The molecule has 0 amide bonds. The average Bonchev–Trinajstić information content (AvgIpc) is 3.55. The molecule has 0 saturated heterocycles. The molecular formula is C38H28. The molecule has 7 rings (SSSR count). The Morgan fingerprint density at radius 3 is 1.18 bits per heavy atom. The van der Waals surface area contributed by atoms with Gasteiger partial charge in [0.15, 0.2) is 0 Å². The molecule has 0 unspecified atom stereocenters. The zero-order chi connectivity index (χ0) is 25.3. The minimum absolute atomic E-state index is 0.288. The largest absolute Gasteiger partial charge is 0.0622 e. The summed E-state index contributed by atoms with van der Waals surface area (Å²) < 4.78 is 0. The number of hydrogen-bond donors (Lipinski definition) is 0. The Morgan fingerprint density at radius 2 is 0.711 bits per heavy atom. The fourth-order valence-corrected chi connectivity index (χ4v) is 6.28. The summed E-state index contributed by atoms with van der Waals surface area (Å²) in [6, 6.07) is 55.0. The van der Waals surface area contributed by atoms with Gasteiger partial charge in [-0.2, -0.15) is 0 Å². The summed E-state index contributed by atoms with van der Waals surface area (Å²) in [6.45, 7) is 0. The average molecular weight is 485 g/mol. The lowest BCUT2D eigenvalue weighted by Gasteiger charge is -2.19. The fourth-order valence-electron chi connectivity index (χ4n) is 6.28. The minimum atomic E-state index is 0.288. The van der Waals surface area contributed by atoms with Crippen molar-refractivity contribution in [2.24, 2.45) is 0 Å². The highest BCUT2D eigenvalue weighted by atomic mass is 14.4. The standard InChI is InChI=1S/C38H28/c1-6-16-27(17-7-1)32-26-33(28-18-8-2-9-19-28)38-36(31-24-14-5-15-25-31)34(29-20-10-3-11-21-29)35(37(32)38)30-22-12-4-13-23-30/h1-25,32H,26H2/t32-/m1/s1. The Hall–Kier alpha value is -4.68. The van der Waals surface area contributed by atoms with Crippen LogP contribution >= 0.6 is 0 Å². The maximum atomic E-state index is 2.30. The molecule has 5 aromatic carbocycles. The normalized spacial score (nSPS) is 16.8. The van der Waals surface area contributed by atoms with Crippen molar-refractivity contribution in [2.75, 3.05) is 0 Å². The molecule has 38 heavy (non-hydrogen) atoms.